The van der Waals surface area contributed by atoms with E-state index in [4.69, 9.17) is 16.0 Å². The second kappa shape index (κ2) is 10.7. The summed E-state index contributed by atoms with van der Waals surface area (Å²) in [6.07, 6.45) is 3.21. The maximum absolute atomic E-state index is 14.0. The van der Waals surface area contributed by atoms with Gasteiger partial charge in [0.05, 0.1) is 28.9 Å². The van der Waals surface area contributed by atoms with Crippen molar-refractivity contribution in [1.29, 1.82) is 0 Å². The van der Waals surface area contributed by atoms with Crippen molar-refractivity contribution in [3.8, 4) is 0 Å². The Morgan fingerprint density at radius 2 is 1.88 bits per heavy atom. The van der Waals surface area contributed by atoms with Crippen LogP contribution in [0.3, 0.4) is 0 Å². The van der Waals surface area contributed by atoms with E-state index >= 15 is 0 Å². The van der Waals surface area contributed by atoms with Gasteiger partial charge < -0.3 is 19.0 Å². The number of fused-ring (bicyclic) bond motifs is 1. The molecular formula is C29H30ClN3O6S. The van der Waals surface area contributed by atoms with Crippen molar-refractivity contribution in [3.05, 3.63) is 82.4 Å². The van der Waals surface area contributed by atoms with Crippen molar-refractivity contribution in [2.24, 2.45) is 13.0 Å². The minimum Gasteiger partial charge on any atom is -0.477 e. The highest BCUT2D eigenvalue weighted by atomic mass is 35.5. The van der Waals surface area contributed by atoms with E-state index in [-0.39, 0.29) is 42.0 Å². The van der Waals surface area contributed by atoms with Crippen molar-refractivity contribution < 1.29 is 27.5 Å². The number of carboxylic acids is 1. The predicted molar refractivity (Wildman–Crippen MR) is 152 cm³/mol. The number of carbonyl (C=O) groups is 2. The van der Waals surface area contributed by atoms with Gasteiger partial charge in [-0.15, -0.1) is 0 Å². The van der Waals surface area contributed by atoms with Crippen LogP contribution in [0.15, 0.2) is 64.1 Å². The zero-order valence-electron chi connectivity index (χ0n) is 22.4. The number of hydrogen-bond donors (Lipinski definition) is 1. The summed E-state index contributed by atoms with van der Waals surface area (Å²) in [7, 11) is -2.47. The Kier molecular flexibility index (Phi) is 7.41. The number of aryl methyl sites for hydroxylation is 2. The summed E-state index contributed by atoms with van der Waals surface area (Å²) in [5.41, 5.74) is 2.17. The van der Waals surface area contributed by atoms with Crippen LogP contribution >= 0.6 is 11.6 Å². The molecule has 0 spiro atoms. The molecule has 2 aromatic carbocycles. The average molecular weight is 584 g/mol. The first kappa shape index (κ1) is 27.8. The SMILES string of the molecule is CCN(c1ccc(Cl)cc1CN(Cc1ccco1)C(=O)C1CC1)S(=O)(=O)c1ccc2c(C)c(C(=O)O)n(C)c2c1. The molecule has 5 rings (SSSR count). The van der Waals surface area contributed by atoms with E-state index in [1.54, 1.807) is 68.5 Å². The van der Waals surface area contributed by atoms with Gasteiger partial charge >= 0.3 is 5.97 Å². The molecule has 0 unspecified atom stereocenters. The summed E-state index contributed by atoms with van der Waals surface area (Å²) < 4.78 is 36.4. The van der Waals surface area contributed by atoms with Gasteiger partial charge in [0.1, 0.15) is 11.5 Å². The first-order valence-corrected chi connectivity index (χ1v) is 14.8. The van der Waals surface area contributed by atoms with Gasteiger partial charge in [0.2, 0.25) is 5.91 Å². The van der Waals surface area contributed by atoms with Gasteiger partial charge in [-0.05, 0) is 80.3 Å². The van der Waals surface area contributed by atoms with E-state index in [0.717, 1.165) is 12.8 Å². The molecule has 1 N–H and O–H groups in total. The predicted octanol–water partition coefficient (Wildman–Crippen LogP) is 5.59. The van der Waals surface area contributed by atoms with Crippen LogP contribution in [-0.2, 0) is 35.0 Å². The first-order chi connectivity index (χ1) is 19.0. The number of amides is 1. The van der Waals surface area contributed by atoms with Gasteiger partial charge in [0, 0.05) is 36.5 Å². The quantitative estimate of drug-likeness (QED) is 0.260. The number of hydrogen-bond acceptors (Lipinski definition) is 5. The van der Waals surface area contributed by atoms with Crippen LogP contribution in [0.25, 0.3) is 10.9 Å². The lowest BCUT2D eigenvalue weighted by Gasteiger charge is -2.28. The van der Waals surface area contributed by atoms with Crippen LogP contribution in [0.4, 0.5) is 5.69 Å². The van der Waals surface area contributed by atoms with Crippen LogP contribution in [-0.4, -0.2) is 41.4 Å². The Morgan fingerprint density at radius 3 is 2.50 bits per heavy atom. The van der Waals surface area contributed by atoms with Crippen molar-refractivity contribution in [1.82, 2.24) is 9.47 Å². The van der Waals surface area contributed by atoms with Crippen molar-refractivity contribution in [3.63, 3.8) is 0 Å². The topological polar surface area (TPSA) is 113 Å². The van der Waals surface area contributed by atoms with Gasteiger partial charge in [-0.1, -0.05) is 17.7 Å². The van der Waals surface area contributed by atoms with E-state index < -0.39 is 16.0 Å². The van der Waals surface area contributed by atoms with Gasteiger partial charge in [-0.25, -0.2) is 13.2 Å². The molecule has 1 aliphatic carbocycles. The van der Waals surface area contributed by atoms with Gasteiger partial charge in [0.25, 0.3) is 10.0 Å². The summed E-state index contributed by atoms with van der Waals surface area (Å²) in [5, 5.41) is 10.7. The number of carboxylic acid groups (broad SMARTS) is 1. The molecule has 0 aliphatic heterocycles. The normalized spacial score (nSPS) is 13.5. The molecule has 40 heavy (non-hydrogen) atoms. The fourth-order valence-electron chi connectivity index (χ4n) is 5.19. The number of benzene rings is 2. The number of anilines is 1. The Balaban J connectivity index is 1.55. The molecule has 9 nitrogen and oxygen atoms in total. The highest BCUT2D eigenvalue weighted by Crippen LogP contribution is 2.35. The highest BCUT2D eigenvalue weighted by molar-refractivity contribution is 7.92. The van der Waals surface area contributed by atoms with Crippen molar-refractivity contribution >= 4 is 50.1 Å². The number of halogens is 1. The lowest BCUT2D eigenvalue weighted by molar-refractivity contribution is -0.134. The second-order valence-corrected chi connectivity index (χ2v) is 12.3. The molecule has 0 radical (unpaired) electrons. The lowest BCUT2D eigenvalue weighted by atomic mass is 10.1. The molecule has 1 amide bonds. The minimum atomic E-state index is -4.07. The summed E-state index contributed by atoms with van der Waals surface area (Å²) in [6.45, 7) is 3.96. The number of rotatable bonds is 10. The monoisotopic (exact) mass is 583 g/mol. The van der Waals surface area contributed by atoms with E-state index in [1.165, 1.54) is 21.0 Å². The number of furan rings is 1. The van der Waals surface area contributed by atoms with Crippen molar-refractivity contribution in [2.45, 2.75) is 44.7 Å². The van der Waals surface area contributed by atoms with E-state index in [2.05, 4.69) is 0 Å². The minimum absolute atomic E-state index is 0.00741. The van der Waals surface area contributed by atoms with E-state index in [9.17, 15) is 23.1 Å². The largest absolute Gasteiger partial charge is 0.477 e. The standard InChI is InChI=1S/C29H30ClN3O6S/c1-4-33(40(37,38)23-10-11-24-18(2)27(29(35)36)31(3)26(24)15-23)25-12-9-21(30)14-20(25)16-32(28(34)19-7-8-19)17-22-6-5-13-39-22/h5-6,9-15,19H,4,7-8,16-17H2,1-3H3,(H,35,36). The zero-order valence-corrected chi connectivity index (χ0v) is 24.0. The third-order valence-corrected chi connectivity index (χ3v) is 9.46. The number of nitrogens with zero attached hydrogens (tertiary/aromatic N) is 3. The summed E-state index contributed by atoms with van der Waals surface area (Å²) in [4.78, 5) is 26.7. The number of sulfonamides is 1. The molecule has 2 heterocycles. The third-order valence-electron chi connectivity index (χ3n) is 7.34. The Bertz CT molecular complexity index is 1710. The van der Waals surface area contributed by atoms with Crippen LogP contribution < -0.4 is 4.31 Å². The first-order valence-electron chi connectivity index (χ1n) is 13.0. The summed E-state index contributed by atoms with van der Waals surface area (Å²) in [6, 6.07) is 13.2. The van der Waals surface area contributed by atoms with Crippen LogP contribution in [0.5, 0.6) is 0 Å². The fourth-order valence-corrected chi connectivity index (χ4v) is 6.91. The average Bonchev–Trinajstić information content (AvgIpc) is 3.58. The molecule has 1 saturated carbocycles. The molecule has 1 aliphatic rings. The summed E-state index contributed by atoms with van der Waals surface area (Å²) in [5.74, 6) is -0.502. The molecule has 4 aromatic rings. The highest BCUT2D eigenvalue weighted by Gasteiger charge is 2.35. The van der Waals surface area contributed by atoms with Crippen LogP contribution in [0.2, 0.25) is 5.02 Å². The molecule has 1 fully saturated rings. The number of carbonyl (C=O) groups excluding carboxylic acids is 1. The van der Waals surface area contributed by atoms with E-state index in [1.807, 2.05) is 0 Å². The second-order valence-electron chi connectivity index (χ2n) is 10.0. The Labute approximate surface area is 237 Å². The van der Waals surface area contributed by atoms with Gasteiger partial charge in [-0.3, -0.25) is 9.10 Å². The number of aromatic nitrogens is 1. The van der Waals surface area contributed by atoms with E-state index in [0.29, 0.717) is 38.5 Å². The molecule has 210 valence electrons. The molecule has 11 heteroatoms. The molecule has 0 saturated heterocycles. The molecule has 2 aromatic heterocycles. The Hall–Kier alpha value is -3.76. The Morgan fingerprint density at radius 1 is 1.12 bits per heavy atom. The maximum Gasteiger partial charge on any atom is 0.352 e. The van der Waals surface area contributed by atoms with Crippen LogP contribution in [0, 0.1) is 12.8 Å². The third kappa shape index (κ3) is 5.09. The molecule has 0 atom stereocenters. The summed E-state index contributed by atoms with van der Waals surface area (Å²) >= 11 is 6.36. The van der Waals surface area contributed by atoms with Gasteiger partial charge in [0.15, 0.2) is 0 Å². The lowest BCUT2D eigenvalue weighted by Crippen LogP contribution is -2.34. The fraction of sp³-hybridized carbons (Fsp3) is 0.310. The van der Waals surface area contributed by atoms with Crippen molar-refractivity contribution in [2.75, 3.05) is 10.8 Å². The maximum atomic E-state index is 14.0. The van der Waals surface area contributed by atoms with Gasteiger partial charge in [-0.2, -0.15) is 0 Å². The molecule has 0 bridgehead atoms. The zero-order chi connectivity index (χ0) is 28.8. The molecular weight excluding hydrogens is 554 g/mol. The van der Waals surface area contributed by atoms with Crippen LogP contribution in [0.1, 0.15) is 47.1 Å². The number of aromatic carboxylic acids is 1. The smallest absolute Gasteiger partial charge is 0.352 e.